The van der Waals surface area contributed by atoms with E-state index in [1.165, 1.54) is 0 Å². The average Bonchev–Trinajstić information content (AvgIpc) is 2.27. The van der Waals surface area contributed by atoms with Gasteiger partial charge in [0.05, 0.1) is 6.04 Å². The monoisotopic (exact) mass is 278 g/mol. The van der Waals surface area contributed by atoms with E-state index in [4.69, 9.17) is 5.73 Å². The van der Waals surface area contributed by atoms with Gasteiger partial charge in [-0.3, -0.25) is 9.36 Å². The third kappa shape index (κ3) is 3.32. The van der Waals surface area contributed by atoms with E-state index >= 15 is 0 Å². The molecule has 0 saturated heterocycles. The molecule has 0 aromatic rings. The molecule has 0 heterocycles. The topological polar surface area (TPSA) is 113 Å². The summed E-state index contributed by atoms with van der Waals surface area (Å²) in [7, 11) is -4.38. The van der Waals surface area contributed by atoms with Gasteiger partial charge in [-0.15, -0.1) is 0 Å². The van der Waals surface area contributed by atoms with E-state index < -0.39 is 24.8 Å². The van der Waals surface area contributed by atoms with Crippen LogP contribution in [0, 0.1) is 5.92 Å². The van der Waals surface area contributed by atoms with Crippen LogP contribution in [0.15, 0.2) is 0 Å². The fourth-order valence-corrected chi connectivity index (χ4v) is 3.40. The van der Waals surface area contributed by atoms with Crippen molar-refractivity contribution in [1.82, 2.24) is 5.32 Å². The first kappa shape index (κ1) is 15.6. The van der Waals surface area contributed by atoms with E-state index in [1.807, 2.05) is 0 Å². The minimum Gasteiger partial charge on any atom is -0.338 e. The summed E-state index contributed by atoms with van der Waals surface area (Å²) in [6.07, 6.45) is 2.99. The summed E-state index contributed by atoms with van der Waals surface area (Å²) in [5, 5.41) is 1.12. The number of amides is 1. The first-order valence-corrected chi connectivity index (χ1v) is 7.94. The highest BCUT2D eigenvalue weighted by Gasteiger charge is 2.49. The minimum absolute atomic E-state index is 0.0672. The van der Waals surface area contributed by atoms with E-state index in [9.17, 15) is 19.1 Å². The Labute approximate surface area is 107 Å². The van der Waals surface area contributed by atoms with Gasteiger partial charge in [0.15, 0.2) is 0 Å². The maximum Gasteiger partial charge on any atom is 0.350 e. The smallest absolute Gasteiger partial charge is 0.338 e. The molecule has 0 aromatic carbocycles. The van der Waals surface area contributed by atoms with Gasteiger partial charge in [0.25, 0.3) is 0 Å². The first-order valence-electron chi connectivity index (χ1n) is 6.33. The molecule has 1 aliphatic rings. The number of nitrogens with one attached hydrogen (secondary N) is 1. The highest BCUT2D eigenvalue weighted by atomic mass is 31.2. The Morgan fingerprint density at radius 2 is 1.78 bits per heavy atom. The summed E-state index contributed by atoms with van der Waals surface area (Å²) in [4.78, 5) is 31.0. The SMILES string of the molecule is CC(C)[C@H](N)C(=O)NC1(P(=O)(O)O)CCCCC1. The van der Waals surface area contributed by atoms with Gasteiger partial charge in [0.2, 0.25) is 5.91 Å². The molecule has 1 saturated carbocycles. The molecular weight excluding hydrogens is 255 g/mol. The van der Waals surface area contributed by atoms with Crippen molar-refractivity contribution in [2.75, 3.05) is 0 Å². The fourth-order valence-electron chi connectivity index (χ4n) is 2.24. The molecule has 106 valence electrons. The van der Waals surface area contributed by atoms with Gasteiger partial charge in [-0.2, -0.15) is 0 Å². The molecule has 0 unspecified atom stereocenters. The van der Waals surface area contributed by atoms with Gasteiger partial charge >= 0.3 is 7.60 Å². The van der Waals surface area contributed by atoms with Gasteiger partial charge < -0.3 is 20.8 Å². The molecule has 0 spiro atoms. The average molecular weight is 278 g/mol. The molecule has 1 rings (SSSR count). The Hall–Kier alpha value is -0.420. The van der Waals surface area contributed by atoms with Gasteiger partial charge in [-0.1, -0.05) is 33.1 Å². The predicted octanol–water partition coefficient (Wildman–Crippen LogP) is 0.924. The summed E-state index contributed by atoms with van der Waals surface area (Å²) in [6.45, 7) is 3.60. The summed E-state index contributed by atoms with van der Waals surface area (Å²) in [5.74, 6) is -0.544. The Kier molecular flexibility index (Phi) is 4.95. The lowest BCUT2D eigenvalue weighted by Gasteiger charge is -2.39. The third-order valence-corrected chi connectivity index (χ3v) is 5.29. The maximum atomic E-state index is 11.9. The van der Waals surface area contributed by atoms with E-state index in [0.29, 0.717) is 25.7 Å². The van der Waals surface area contributed by atoms with Crippen LogP contribution in [0.4, 0.5) is 0 Å². The van der Waals surface area contributed by atoms with Crippen LogP contribution in [-0.4, -0.2) is 27.0 Å². The van der Waals surface area contributed by atoms with Gasteiger partial charge in [0.1, 0.15) is 5.28 Å². The second-order valence-electron chi connectivity index (χ2n) is 5.40. The van der Waals surface area contributed by atoms with Crippen LogP contribution in [0.1, 0.15) is 46.0 Å². The summed E-state index contributed by atoms with van der Waals surface area (Å²) < 4.78 is 11.7. The number of nitrogens with two attached hydrogens (primary N) is 1. The van der Waals surface area contributed by atoms with Crippen molar-refractivity contribution in [2.45, 2.75) is 57.3 Å². The quantitative estimate of drug-likeness (QED) is 0.571. The van der Waals surface area contributed by atoms with Crippen LogP contribution >= 0.6 is 7.60 Å². The van der Waals surface area contributed by atoms with Crippen LogP contribution in [0.25, 0.3) is 0 Å². The fraction of sp³-hybridized carbons (Fsp3) is 0.909. The van der Waals surface area contributed by atoms with Crippen molar-refractivity contribution in [3.8, 4) is 0 Å². The zero-order valence-electron chi connectivity index (χ0n) is 10.9. The van der Waals surface area contributed by atoms with Gasteiger partial charge in [0, 0.05) is 0 Å². The van der Waals surface area contributed by atoms with Crippen molar-refractivity contribution in [3.63, 3.8) is 0 Å². The molecule has 0 aliphatic heterocycles. The van der Waals surface area contributed by atoms with Crippen LogP contribution in [-0.2, 0) is 9.36 Å². The second kappa shape index (κ2) is 5.70. The van der Waals surface area contributed by atoms with Crippen molar-refractivity contribution in [2.24, 2.45) is 11.7 Å². The highest BCUT2D eigenvalue weighted by Crippen LogP contribution is 2.55. The maximum absolute atomic E-state index is 11.9. The summed E-state index contributed by atoms with van der Waals surface area (Å²) in [6, 6.07) is -0.740. The second-order valence-corrected chi connectivity index (χ2v) is 7.34. The zero-order valence-corrected chi connectivity index (χ0v) is 11.8. The highest BCUT2D eigenvalue weighted by molar-refractivity contribution is 7.53. The summed E-state index contributed by atoms with van der Waals surface area (Å²) >= 11 is 0. The molecule has 0 aromatic heterocycles. The molecule has 0 bridgehead atoms. The molecule has 1 fully saturated rings. The standard InChI is InChI=1S/C11H23N2O4P/c1-8(2)9(12)10(14)13-11(18(15,16)17)6-4-3-5-7-11/h8-9H,3-7,12H2,1-2H3,(H,13,14)(H2,15,16,17)/t9-/m0/s1. The predicted molar refractivity (Wildman–Crippen MR) is 68.8 cm³/mol. The van der Waals surface area contributed by atoms with Gasteiger partial charge in [-0.25, -0.2) is 0 Å². The van der Waals surface area contributed by atoms with Crippen LogP contribution < -0.4 is 11.1 Å². The minimum atomic E-state index is -4.38. The first-order chi connectivity index (χ1) is 8.19. The Morgan fingerprint density at radius 1 is 1.28 bits per heavy atom. The van der Waals surface area contributed by atoms with Crippen LogP contribution in [0.3, 0.4) is 0 Å². The molecular formula is C11H23N2O4P. The molecule has 1 aliphatic carbocycles. The lowest BCUT2D eigenvalue weighted by Crippen LogP contribution is -2.55. The number of hydrogen-bond acceptors (Lipinski definition) is 3. The molecule has 7 heteroatoms. The van der Waals surface area contributed by atoms with E-state index in [0.717, 1.165) is 6.42 Å². The van der Waals surface area contributed by atoms with E-state index in [1.54, 1.807) is 13.8 Å². The van der Waals surface area contributed by atoms with E-state index in [-0.39, 0.29) is 5.92 Å². The van der Waals surface area contributed by atoms with Crippen molar-refractivity contribution >= 4 is 13.5 Å². The number of carbonyl (C=O) groups is 1. The van der Waals surface area contributed by atoms with Crippen LogP contribution in [0.2, 0.25) is 0 Å². The third-order valence-electron chi connectivity index (χ3n) is 3.62. The lowest BCUT2D eigenvalue weighted by atomic mass is 9.93. The molecule has 18 heavy (non-hydrogen) atoms. The Morgan fingerprint density at radius 3 is 2.17 bits per heavy atom. The lowest BCUT2D eigenvalue weighted by molar-refractivity contribution is -0.124. The van der Waals surface area contributed by atoms with Crippen molar-refractivity contribution < 1.29 is 19.1 Å². The van der Waals surface area contributed by atoms with Crippen molar-refractivity contribution in [1.29, 1.82) is 0 Å². The number of rotatable bonds is 4. The molecule has 1 atom stereocenters. The number of carbonyl (C=O) groups excluding carboxylic acids is 1. The zero-order chi connectivity index (χ0) is 14.0. The summed E-state index contributed by atoms with van der Waals surface area (Å²) in [5.41, 5.74) is 5.71. The normalized spacial score (nSPS) is 21.7. The number of hydrogen-bond donors (Lipinski definition) is 4. The van der Waals surface area contributed by atoms with E-state index in [2.05, 4.69) is 5.32 Å². The largest absolute Gasteiger partial charge is 0.350 e. The molecule has 5 N–H and O–H groups in total. The Bertz CT molecular complexity index is 347. The molecule has 6 nitrogen and oxygen atoms in total. The van der Waals surface area contributed by atoms with Gasteiger partial charge in [-0.05, 0) is 18.8 Å². The Balaban J connectivity index is 2.86. The van der Waals surface area contributed by atoms with Crippen LogP contribution in [0.5, 0.6) is 0 Å². The van der Waals surface area contributed by atoms with Crippen molar-refractivity contribution in [3.05, 3.63) is 0 Å². The molecule has 0 radical (unpaired) electrons. The molecule has 1 amide bonds.